The molecule has 0 aromatic rings. The summed E-state index contributed by atoms with van der Waals surface area (Å²) in [7, 11) is 1.71. The maximum atomic E-state index is 12.7. The summed E-state index contributed by atoms with van der Waals surface area (Å²) < 4.78 is 18.2. The van der Waals surface area contributed by atoms with Crippen LogP contribution >= 0.6 is 0 Å². The van der Waals surface area contributed by atoms with Gasteiger partial charge in [0.1, 0.15) is 11.6 Å². The van der Waals surface area contributed by atoms with E-state index < -0.39 is 11.9 Å². The number of primary amides is 1. The smallest absolute Gasteiger partial charge is 0.240 e. The Labute approximate surface area is 180 Å². The van der Waals surface area contributed by atoms with E-state index in [9.17, 15) is 9.59 Å². The third kappa shape index (κ3) is 4.58. The second-order valence-electron chi connectivity index (χ2n) is 10.0. The van der Waals surface area contributed by atoms with Gasteiger partial charge < -0.3 is 25.3 Å². The molecular weight excluding hydrogens is 384 g/mol. The number of hydrogen-bond acceptors (Lipinski definition) is 5. The minimum atomic E-state index is -0.659. The molecular formula is C23H38N2O5. The van der Waals surface area contributed by atoms with E-state index in [1.807, 2.05) is 13.8 Å². The van der Waals surface area contributed by atoms with E-state index in [4.69, 9.17) is 19.9 Å². The van der Waals surface area contributed by atoms with Gasteiger partial charge in [-0.3, -0.25) is 9.59 Å². The number of carbonyl (C=O) groups is 2. The SMILES string of the molecule is CO[C@@H]1[C@H](CC(=O)NC(C(N)=O)C(C)C)CC[C@]2(CO2)[C@H]1[C@@]1(C)O[C@@H]1CC=C(C)C. The number of methoxy groups -OCH3 is 1. The fourth-order valence-electron chi connectivity index (χ4n) is 5.34. The van der Waals surface area contributed by atoms with Gasteiger partial charge in [-0.15, -0.1) is 0 Å². The van der Waals surface area contributed by atoms with Gasteiger partial charge in [0.05, 0.1) is 24.4 Å². The maximum Gasteiger partial charge on any atom is 0.240 e. The van der Waals surface area contributed by atoms with Crippen LogP contribution in [0.3, 0.4) is 0 Å². The normalized spacial score (nSPS) is 38.2. The lowest BCUT2D eigenvalue weighted by Crippen LogP contribution is -2.54. The molecule has 1 saturated carbocycles. The lowest BCUT2D eigenvalue weighted by molar-refractivity contribution is -0.132. The van der Waals surface area contributed by atoms with Gasteiger partial charge in [0, 0.05) is 19.4 Å². The van der Waals surface area contributed by atoms with Gasteiger partial charge in [0.2, 0.25) is 11.8 Å². The van der Waals surface area contributed by atoms with Crippen LogP contribution in [-0.4, -0.2) is 55.0 Å². The zero-order valence-corrected chi connectivity index (χ0v) is 19.2. The zero-order valence-electron chi connectivity index (χ0n) is 19.2. The Morgan fingerprint density at radius 3 is 2.50 bits per heavy atom. The summed E-state index contributed by atoms with van der Waals surface area (Å²) in [6.45, 7) is 10.8. The third-order valence-corrected chi connectivity index (χ3v) is 7.16. The number of ether oxygens (including phenoxy) is 3. The Kier molecular flexibility index (Phi) is 6.65. The van der Waals surface area contributed by atoms with Crippen LogP contribution in [0.4, 0.5) is 0 Å². The Morgan fingerprint density at radius 2 is 2.00 bits per heavy atom. The highest BCUT2D eigenvalue weighted by Gasteiger charge is 2.71. The summed E-state index contributed by atoms with van der Waals surface area (Å²) in [6.07, 6.45) is 5.14. The highest BCUT2D eigenvalue weighted by molar-refractivity contribution is 5.86. The van der Waals surface area contributed by atoms with Crippen molar-refractivity contribution < 1.29 is 23.8 Å². The van der Waals surface area contributed by atoms with Crippen molar-refractivity contribution in [2.24, 2.45) is 23.5 Å². The average Bonchev–Trinajstić information content (AvgIpc) is 3.56. The van der Waals surface area contributed by atoms with E-state index in [2.05, 4.69) is 32.2 Å². The van der Waals surface area contributed by atoms with Gasteiger partial charge in [-0.05, 0) is 51.9 Å². The molecule has 7 nitrogen and oxygen atoms in total. The Bertz CT molecular complexity index is 698. The largest absolute Gasteiger partial charge is 0.381 e. The molecule has 1 spiro atoms. The second kappa shape index (κ2) is 8.60. The molecule has 7 atom stereocenters. The monoisotopic (exact) mass is 422 g/mol. The minimum absolute atomic E-state index is 0.0423. The van der Waals surface area contributed by atoms with Gasteiger partial charge in [-0.2, -0.15) is 0 Å². The van der Waals surface area contributed by atoms with Gasteiger partial charge in [-0.25, -0.2) is 0 Å². The Balaban J connectivity index is 1.71. The molecule has 2 amide bonds. The lowest BCUT2D eigenvalue weighted by Gasteiger charge is -2.43. The van der Waals surface area contributed by atoms with Crippen molar-refractivity contribution in [1.29, 1.82) is 0 Å². The summed E-state index contributed by atoms with van der Waals surface area (Å²) in [6, 6.07) is -0.659. The van der Waals surface area contributed by atoms with Gasteiger partial charge in [0.25, 0.3) is 0 Å². The molecule has 0 aromatic carbocycles. The molecule has 2 aliphatic heterocycles. The first-order valence-electron chi connectivity index (χ1n) is 11.1. The number of amides is 2. The number of hydrogen-bond donors (Lipinski definition) is 2. The quantitative estimate of drug-likeness (QED) is 0.438. The number of nitrogens with one attached hydrogen (secondary N) is 1. The molecule has 0 radical (unpaired) electrons. The maximum absolute atomic E-state index is 12.7. The zero-order chi connectivity index (χ0) is 22.3. The van der Waals surface area contributed by atoms with E-state index in [-0.39, 0.29) is 47.1 Å². The third-order valence-electron chi connectivity index (χ3n) is 7.16. The summed E-state index contributed by atoms with van der Waals surface area (Å²) in [5.74, 6) is -0.597. The van der Waals surface area contributed by atoms with Gasteiger partial charge >= 0.3 is 0 Å². The minimum Gasteiger partial charge on any atom is -0.381 e. The van der Waals surface area contributed by atoms with Crippen molar-refractivity contribution in [3.8, 4) is 0 Å². The Hall–Kier alpha value is -1.44. The van der Waals surface area contributed by atoms with E-state index in [0.717, 1.165) is 25.9 Å². The van der Waals surface area contributed by atoms with Gasteiger partial charge in [-0.1, -0.05) is 25.5 Å². The standard InChI is InChI=1S/C23H38N2O5/c1-13(2)7-8-16-22(5,30-16)20-19(28-6)15(9-10-23(20)12-29-23)11-17(26)25-18(14(3)4)21(24)27/h7,14-16,18-20H,8-12H2,1-6H3,(H2,24,27)(H,25,26)/t15-,16+,18?,19+,20+,22-,23-/m0/s1. The first-order valence-corrected chi connectivity index (χ1v) is 11.1. The van der Waals surface area contributed by atoms with Crippen molar-refractivity contribution in [2.75, 3.05) is 13.7 Å². The second-order valence-corrected chi connectivity index (χ2v) is 10.0. The summed E-state index contributed by atoms with van der Waals surface area (Å²) in [5.41, 5.74) is 6.22. The number of carbonyl (C=O) groups excluding carboxylic acids is 2. The predicted molar refractivity (Wildman–Crippen MR) is 114 cm³/mol. The van der Waals surface area contributed by atoms with Crippen molar-refractivity contribution in [3.63, 3.8) is 0 Å². The number of allylic oxidation sites excluding steroid dienone is 1. The van der Waals surface area contributed by atoms with Crippen LogP contribution in [0.2, 0.25) is 0 Å². The number of epoxide rings is 2. The molecule has 3 aliphatic rings. The molecule has 30 heavy (non-hydrogen) atoms. The lowest BCUT2D eigenvalue weighted by atomic mass is 9.64. The number of nitrogens with two attached hydrogens (primary N) is 1. The van der Waals surface area contributed by atoms with Crippen LogP contribution in [-0.2, 0) is 23.8 Å². The molecule has 7 heteroatoms. The fraction of sp³-hybridized carbons (Fsp3) is 0.826. The average molecular weight is 423 g/mol. The topological polar surface area (TPSA) is 106 Å². The van der Waals surface area contributed by atoms with Crippen LogP contribution in [0.15, 0.2) is 11.6 Å². The molecule has 0 bridgehead atoms. The van der Waals surface area contributed by atoms with E-state index >= 15 is 0 Å². The van der Waals surface area contributed by atoms with Crippen LogP contribution in [0.25, 0.3) is 0 Å². The summed E-state index contributed by atoms with van der Waals surface area (Å²) >= 11 is 0. The summed E-state index contributed by atoms with van der Waals surface area (Å²) in [4.78, 5) is 24.4. The molecule has 1 unspecified atom stereocenters. The van der Waals surface area contributed by atoms with E-state index in [1.54, 1.807) is 7.11 Å². The Morgan fingerprint density at radius 1 is 1.33 bits per heavy atom. The molecule has 3 fully saturated rings. The van der Waals surface area contributed by atoms with Crippen molar-refractivity contribution in [3.05, 3.63) is 11.6 Å². The predicted octanol–water partition coefficient (Wildman–Crippen LogP) is 2.33. The molecule has 170 valence electrons. The molecule has 3 rings (SSSR count). The van der Waals surface area contributed by atoms with Crippen molar-refractivity contribution in [2.45, 2.75) is 89.8 Å². The highest BCUT2D eigenvalue weighted by Crippen LogP contribution is 2.60. The summed E-state index contributed by atoms with van der Waals surface area (Å²) in [5, 5.41) is 2.82. The van der Waals surface area contributed by atoms with Crippen molar-refractivity contribution >= 4 is 11.8 Å². The van der Waals surface area contributed by atoms with Crippen LogP contribution < -0.4 is 11.1 Å². The van der Waals surface area contributed by atoms with Crippen LogP contribution in [0.5, 0.6) is 0 Å². The van der Waals surface area contributed by atoms with E-state index in [0.29, 0.717) is 6.42 Å². The number of rotatable bonds is 9. The van der Waals surface area contributed by atoms with Crippen LogP contribution in [0.1, 0.15) is 60.3 Å². The molecule has 2 heterocycles. The molecule has 1 aliphatic carbocycles. The van der Waals surface area contributed by atoms with Gasteiger partial charge in [0.15, 0.2) is 0 Å². The van der Waals surface area contributed by atoms with E-state index in [1.165, 1.54) is 5.57 Å². The first-order chi connectivity index (χ1) is 14.0. The fourth-order valence-corrected chi connectivity index (χ4v) is 5.34. The first kappa shape index (κ1) is 23.2. The van der Waals surface area contributed by atoms with Crippen molar-refractivity contribution in [1.82, 2.24) is 5.32 Å². The molecule has 0 aromatic heterocycles. The molecule has 2 saturated heterocycles. The van der Waals surface area contributed by atoms with Crippen LogP contribution in [0, 0.1) is 17.8 Å². The highest BCUT2D eigenvalue weighted by atomic mass is 16.6. The molecule has 3 N–H and O–H groups in total.